The Morgan fingerprint density at radius 1 is 1.32 bits per heavy atom. The van der Waals surface area contributed by atoms with E-state index < -0.39 is 5.91 Å². The van der Waals surface area contributed by atoms with Crippen molar-refractivity contribution in [3.8, 4) is 0 Å². The summed E-state index contributed by atoms with van der Waals surface area (Å²) in [4.78, 5) is 22.1. The SMILES string of the molecule is Cc1nc(C(N)=O)nc(N2CC[C@@H](NC3CCOC3)C2)c1C. The molecule has 1 aromatic rings. The molecule has 0 radical (unpaired) electrons. The van der Waals surface area contributed by atoms with Crippen molar-refractivity contribution in [2.75, 3.05) is 31.2 Å². The second-order valence-electron chi connectivity index (χ2n) is 6.10. The summed E-state index contributed by atoms with van der Waals surface area (Å²) in [6.45, 7) is 7.32. The maximum atomic E-state index is 11.4. The number of hydrogen-bond donors (Lipinski definition) is 2. The van der Waals surface area contributed by atoms with E-state index in [4.69, 9.17) is 10.5 Å². The van der Waals surface area contributed by atoms with Gasteiger partial charge >= 0.3 is 0 Å². The standard InChI is InChI=1S/C15H23N5O2/c1-9-10(2)17-14(13(16)21)19-15(9)20-5-3-11(7-20)18-12-4-6-22-8-12/h11-12,18H,3-8H2,1-2H3,(H2,16,21)/t11-,12?/m1/s1. The number of carbonyl (C=O) groups is 1. The molecule has 1 aromatic heterocycles. The van der Waals surface area contributed by atoms with Gasteiger partial charge in [-0.15, -0.1) is 0 Å². The third kappa shape index (κ3) is 3.05. The third-order valence-electron chi connectivity index (χ3n) is 4.47. The summed E-state index contributed by atoms with van der Waals surface area (Å²) in [6, 6.07) is 0.887. The Morgan fingerprint density at radius 2 is 2.14 bits per heavy atom. The first-order chi connectivity index (χ1) is 10.5. The molecule has 0 aromatic carbocycles. The number of nitrogens with two attached hydrogens (primary N) is 1. The van der Waals surface area contributed by atoms with E-state index >= 15 is 0 Å². The minimum atomic E-state index is -0.582. The Hall–Kier alpha value is -1.73. The molecular formula is C15H23N5O2. The smallest absolute Gasteiger partial charge is 0.286 e. The number of aromatic nitrogens is 2. The number of nitrogens with one attached hydrogen (secondary N) is 1. The average Bonchev–Trinajstić information content (AvgIpc) is 3.14. The van der Waals surface area contributed by atoms with Crippen LogP contribution in [0.1, 0.15) is 34.7 Å². The van der Waals surface area contributed by atoms with Gasteiger partial charge < -0.3 is 20.7 Å². The first kappa shape index (κ1) is 15.2. The van der Waals surface area contributed by atoms with Gasteiger partial charge in [0.1, 0.15) is 5.82 Å². The van der Waals surface area contributed by atoms with Crippen LogP contribution in [0.4, 0.5) is 5.82 Å². The van der Waals surface area contributed by atoms with Gasteiger partial charge in [0.25, 0.3) is 5.91 Å². The maximum absolute atomic E-state index is 11.4. The fourth-order valence-electron chi connectivity index (χ4n) is 3.12. The van der Waals surface area contributed by atoms with E-state index in [-0.39, 0.29) is 5.82 Å². The van der Waals surface area contributed by atoms with Crippen LogP contribution in [0.5, 0.6) is 0 Å². The zero-order valence-corrected chi connectivity index (χ0v) is 13.1. The highest BCUT2D eigenvalue weighted by atomic mass is 16.5. The lowest BCUT2D eigenvalue weighted by molar-refractivity contribution is 0.0990. The van der Waals surface area contributed by atoms with Gasteiger partial charge in [0.2, 0.25) is 5.82 Å². The predicted octanol–water partition coefficient (Wildman–Crippen LogP) is 0.150. The van der Waals surface area contributed by atoms with Crippen LogP contribution < -0.4 is 16.0 Å². The van der Waals surface area contributed by atoms with Crippen LogP contribution >= 0.6 is 0 Å². The minimum absolute atomic E-state index is 0.0960. The summed E-state index contributed by atoms with van der Waals surface area (Å²) >= 11 is 0. The highest BCUT2D eigenvalue weighted by Crippen LogP contribution is 2.24. The number of primary amides is 1. The zero-order chi connectivity index (χ0) is 15.7. The molecule has 7 heteroatoms. The Morgan fingerprint density at radius 3 is 2.82 bits per heavy atom. The van der Waals surface area contributed by atoms with Crippen LogP contribution in [0, 0.1) is 13.8 Å². The van der Waals surface area contributed by atoms with Crippen LogP contribution in [0.2, 0.25) is 0 Å². The number of nitrogens with zero attached hydrogens (tertiary/aromatic N) is 3. The molecule has 1 amide bonds. The van der Waals surface area contributed by atoms with Gasteiger partial charge in [0, 0.05) is 43.0 Å². The Bertz CT molecular complexity index is 571. The fraction of sp³-hybridized carbons (Fsp3) is 0.667. The number of carbonyl (C=O) groups excluding carboxylic acids is 1. The Kier molecular flexibility index (Phi) is 4.26. The molecule has 0 aliphatic carbocycles. The van der Waals surface area contributed by atoms with Gasteiger partial charge in [-0.1, -0.05) is 0 Å². The molecular weight excluding hydrogens is 282 g/mol. The molecule has 2 saturated heterocycles. The summed E-state index contributed by atoms with van der Waals surface area (Å²) in [5.41, 5.74) is 7.14. The molecule has 3 rings (SSSR count). The summed E-state index contributed by atoms with van der Waals surface area (Å²) in [7, 11) is 0. The van der Waals surface area contributed by atoms with Crippen molar-refractivity contribution >= 4 is 11.7 Å². The minimum Gasteiger partial charge on any atom is -0.380 e. The van der Waals surface area contributed by atoms with E-state index in [9.17, 15) is 4.79 Å². The first-order valence-corrected chi connectivity index (χ1v) is 7.78. The van der Waals surface area contributed by atoms with Gasteiger partial charge in [-0.05, 0) is 26.7 Å². The molecule has 0 saturated carbocycles. The van der Waals surface area contributed by atoms with Gasteiger partial charge in [0.05, 0.1) is 6.61 Å². The second-order valence-corrected chi connectivity index (χ2v) is 6.10. The lowest BCUT2D eigenvalue weighted by atomic mass is 10.2. The molecule has 0 spiro atoms. The summed E-state index contributed by atoms with van der Waals surface area (Å²) in [6.07, 6.45) is 2.14. The molecule has 7 nitrogen and oxygen atoms in total. The normalized spacial score (nSPS) is 24.9. The number of anilines is 1. The highest BCUT2D eigenvalue weighted by molar-refractivity contribution is 5.89. The van der Waals surface area contributed by atoms with Crippen LogP contribution in [-0.2, 0) is 4.74 Å². The van der Waals surface area contributed by atoms with E-state index in [0.717, 1.165) is 56.2 Å². The van der Waals surface area contributed by atoms with Crippen LogP contribution in [0.3, 0.4) is 0 Å². The monoisotopic (exact) mass is 305 g/mol. The van der Waals surface area contributed by atoms with Gasteiger partial charge in [0.15, 0.2) is 0 Å². The highest BCUT2D eigenvalue weighted by Gasteiger charge is 2.28. The van der Waals surface area contributed by atoms with E-state index in [1.165, 1.54) is 0 Å². The van der Waals surface area contributed by atoms with Crippen molar-refractivity contribution in [3.05, 3.63) is 17.1 Å². The van der Waals surface area contributed by atoms with Crippen molar-refractivity contribution < 1.29 is 9.53 Å². The molecule has 1 unspecified atom stereocenters. The molecule has 3 N–H and O–H groups in total. The van der Waals surface area contributed by atoms with Crippen LogP contribution in [0.25, 0.3) is 0 Å². The zero-order valence-electron chi connectivity index (χ0n) is 13.1. The molecule has 3 heterocycles. The quantitative estimate of drug-likeness (QED) is 0.822. The van der Waals surface area contributed by atoms with Gasteiger partial charge in [-0.25, -0.2) is 9.97 Å². The van der Waals surface area contributed by atoms with Crippen molar-refractivity contribution in [1.29, 1.82) is 0 Å². The van der Waals surface area contributed by atoms with E-state index in [1.54, 1.807) is 0 Å². The number of amides is 1. The lowest BCUT2D eigenvalue weighted by Crippen LogP contribution is -2.40. The number of aryl methyl sites for hydroxylation is 1. The van der Waals surface area contributed by atoms with E-state index in [2.05, 4.69) is 20.2 Å². The Balaban J connectivity index is 1.73. The largest absolute Gasteiger partial charge is 0.380 e. The topological polar surface area (TPSA) is 93.4 Å². The van der Waals surface area contributed by atoms with Gasteiger partial charge in [-0.2, -0.15) is 0 Å². The number of rotatable bonds is 4. The molecule has 120 valence electrons. The van der Waals surface area contributed by atoms with Gasteiger partial charge in [-0.3, -0.25) is 4.79 Å². The third-order valence-corrected chi connectivity index (χ3v) is 4.47. The summed E-state index contributed by atoms with van der Waals surface area (Å²) in [5.74, 6) is 0.341. The molecule has 0 bridgehead atoms. The fourth-order valence-corrected chi connectivity index (χ4v) is 3.12. The molecule has 2 aliphatic rings. The molecule has 2 atom stereocenters. The van der Waals surface area contributed by atoms with Crippen molar-refractivity contribution in [1.82, 2.24) is 15.3 Å². The van der Waals surface area contributed by atoms with E-state index in [0.29, 0.717) is 12.1 Å². The molecule has 2 aliphatic heterocycles. The summed E-state index contributed by atoms with van der Waals surface area (Å²) in [5, 5.41) is 3.65. The maximum Gasteiger partial charge on any atom is 0.286 e. The number of hydrogen-bond acceptors (Lipinski definition) is 6. The van der Waals surface area contributed by atoms with Crippen LogP contribution in [-0.4, -0.2) is 54.3 Å². The molecule has 2 fully saturated rings. The first-order valence-electron chi connectivity index (χ1n) is 7.78. The summed E-state index contributed by atoms with van der Waals surface area (Å²) < 4.78 is 5.41. The Labute approximate surface area is 130 Å². The predicted molar refractivity (Wildman–Crippen MR) is 83.0 cm³/mol. The van der Waals surface area contributed by atoms with Crippen molar-refractivity contribution in [3.63, 3.8) is 0 Å². The number of ether oxygens (including phenoxy) is 1. The van der Waals surface area contributed by atoms with Crippen molar-refractivity contribution in [2.24, 2.45) is 5.73 Å². The van der Waals surface area contributed by atoms with Crippen LogP contribution in [0.15, 0.2) is 0 Å². The lowest BCUT2D eigenvalue weighted by Gasteiger charge is -2.22. The van der Waals surface area contributed by atoms with Crippen molar-refractivity contribution in [2.45, 2.75) is 38.8 Å². The van der Waals surface area contributed by atoms with E-state index in [1.807, 2.05) is 13.8 Å². The average molecular weight is 305 g/mol. The molecule has 22 heavy (non-hydrogen) atoms. The second kappa shape index (κ2) is 6.18.